The average Bonchev–Trinajstić information content (AvgIpc) is 2.14. The van der Waals surface area contributed by atoms with Crippen LogP contribution in [0.15, 0.2) is 22.7 Å². The largest absolute Gasteiger partial charge is 0.483 e. The Morgan fingerprint density at radius 2 is 2.21 bits per heavy atom. The van der Waals surface area contributed by atoms with E-state index in [-0.39, 0.29) is 5.60 Å². The summed E-state index contributed by atoms with van der Waals surface area (Å²) >= 11 is 3.46. The number of anilines is 1. The lowest BCUT2D eigenvalue weighted by Gasteiger charge is -2.45. The third-order valence-electron chi connectivity index (χ3n) is 3.14. The molecule has 1 aliphatic carbocycles. The number of rotatable bonds is 0. The van der Waals surface area contributed by atoms with Gasteiger partial charge in [0.25, 0.3) is 0 Å². The molecule has 2 nitrogen and oxygen atoms in total. The quantitative estimate of drug-likeness (QED) is 0.767. The van der Waals surface area contributed by atoms with E-state index in [1.54, 1.807) is 0 Å². The lowest BCUT2D eigenvalue weighted by atomic mass is 9.79. The van der Waals surface area contributed by atoms with Gasteiger partial charge < -0.3 is 10.1 Å². The maximum atomic E-state index is 6.04. The molecule has 0 saturated heterocycles. The summed E-state index contributed by atoms with van der Waals surface area (Å²) in [5, 5.41) is 3.44. The van der Waals surface area contributed by atoms with E-state index in [1.807, 2.05) is 12.1 Å². The molecule has 3 heteroatoms. The van der Waals surface area contributed by atoms with Gasteiger partial charge in [-0.1, -0.05) is 15.9 Å². The first kappa shape index (κ1) is 8.60. The fraction of sp³-hybridized carbons (Fsp3) is 0.455. The SMILES string of the molecule is Brc1ccc2c(c1)OC1(CCC1)CN2. The molecule has 1 fully saturated rings. The summed E-state index contributed by atoms with van der Waals surface area (Å²) in [6, 6.07) is 6.14. The molecular formula is C11H12BrNO. The van der Waals surface area contributed by atoms with Crippen molar-refractivity contribution >= 4 is 21.6 Å². The van der Waals surface area contributed by atoms with Crippen LogP contribution in [0.25, 0.3) is 0 Å². The minimum absolute atomic E-state index is 0.105. The number of fused-ring (bicyclic) bond motifs is 1. The predicted molar refractivity (Wildman–Crippen MR) is 59.8 cm³/mol. The lowest BCUT2D eigenvalue weighted by molar-refractivity contribution is 0.000152. The van der Waals surface area contributed by atoms with Crippen LogP contribution in [0.3, 0.4) is 0 Å². The summed E-state index contributed by atoms with van der Waals surface area (Å²) < 4.78 is 7.12. The third-order valence-corrected chi connectivity index (χ3v) is 3.63. The van der Waals surface area contributed by atoms with Gasteiger partial charge in [-0.05, 0) is 37.5 Å². The fourth-order valence-corrected chi connectivity index (χ4v) is 2.44. The van der Waals surface area contributed by atoms with Crippen LogP contribution in [0, 0.1) is 0 Å². The molecule has 0 amide bonds. The second-order valence-corrected chi connectivity index (χ2v) is 5.05. The Bertz CT molecular complexity index is 374. The molecule has 0 radical (unpaired) electrons. The van der Waals surface area contributed by atoms with Crippen molar-refractivity contribution in [2.75, 3.05) is 11.9 Å². The van der Waals surface area contributed by atoms with E-state index in [0.29, 0.717) is 0 Å². The second kappa shape index (κ2) is 2.89. The van der Waals surface area contributed by atoms with Crippen molar-refractivity contribution in [2.24, 2.45) is 0 Å². The highest BCUT2D eigenvalue weighted by atomic mass is 79.9. The van der Waals surface area contributed by atoms with Crippen LogP contribution in [-0.2, 0) is 0 Å². The summed E-state index contributed by atoms with van der Waals surface area (Å²) in [6.07, 6.45) is 3.67. The van der Waals surface area contributed by atoms with Gasteiger partial charge in [-0.3, -0.25) is 0 Å². The van der Waals surface area contributed by atoms with Crippen molar-refractivity contribution in [3.8, 4) is 5.75 Å². The third kappa shape index (κ3) is 1.22. The highest BCUT2D eigenvalue weighted by molar-refractivity contribution is 9.10. The van der Waals surface area contributed by atoms with Gasteiger partial charge in [0.2, 0.25) is 0 Å². The van der Waals surface area contributed by atoms with E-state index in [9.17, 15) is 0 Å². The number of hydrogen-bond donors (Lipinski definition) is 1. The van der Waals surface area contributed by atoms with Crippen molar-refractivity contribution in [3.63, 3.8) is 0 Å². The normalized spacial score (nSPS) is 21.8. The molecule has 1 saturated carbocycles. The van der Waals surface area contributed by atoms with Crippen LogP contribution >= 0.6 is 15.9 Å². The first-order valence-corrected chi connectivity index (χ1v) is 5.79. The Balaban J connectivity index is 1.96. The minimum atomic E-state index is 0.105. The molecule has 1 aromatic carbocycles. The highest BCUT2D eigenvalue weighted by Crippen LogP contribution is 2.43. The molecular weight excluding hydrogens is 242 g/mol. The van der Waals surface area contributed by atoms with Gasteiger partial charge in [-0.15, -0.1) is 0 Å². The zero-order valence-electron chi connectivity index (χ0n) is 7.85. The van der Waals surface area contributed by atoms with E-state index in [1.165, 1.54) is 19.3 Å². The van der Waals surface area contributed by atoms with Crippen LogP contribution in [0.5, 0.6) is 5.75 Å². The van der Waals surface area contributed by atoms with Crippen LogP contribution in [0.4, 0.5) is 5.69 Å². The molecule has 1 N–H and O–H groups in total. The molecule has 1 aliphatic heterocycles. The number of nitrogens with one attached hydrogen (secondary N) is 1. The average molecular weight is 254 g/mol. The zero-order valence-corrected chi connectivity index (χ0v) is 9.43. The Morgan fingerprint density at radius 1 is 1.36 bits per heavy atom. The van der Waals surface area contributed by atoms with Crippen LogP contribution in [0.2, 0.25) is 0 Å². The van der Waals surface area contributed by atoms with E-state index in [4.69, 9.17) is 4.74 Å². The van der Waals surface area contributed by atoms with Crippen molar-refractivity contribution < 1.29 is 4.74 Å². The minimum Gasteiger partial charge on any atom is -0.483 e. The number of benzene rings is 1. The standard InChI is InChI=1S/C11H12BrNO/c12-8-2-3-9-10(6-8)14-11(7-13-9)4-1-5-11/h2-3,6,13H,1,4-5,7H2. The molecule has 0 bridgehead atoms. The number of hydrogen-bond acceptors (Lipinski definition) is 2. The van der Waals surface area contributed by atoms with Gasteiger partial charge >= 0.3 is 0 Å². The molecule has 0 unspecified atom stereocenters. The molecule has 1 spiro atoms. The van der Waals surface area contributed by atoms with Crippen molar-refractivity contribution in [1.82, 2.24) is 0 Å². The van der Waals surface area contributed by atoms with Gasteiger partial charge in [0.1, 0.15) is 11.4 Å². The van der Waals surface area contributed by atoms with Crippen molar-refractivity contribution in [1.29, 1.82) is 0 Å². The van der Waals surface area contributed by atoms with Crippen LogP contribution in [0.1, 0.15) is 19.3 Å². The summed E-state index contributed by atoms with van der Waals surface area (Å²) in [6.45, 7) is 0.960. The molecule has 0 atom stereocenters. The molecule has 1 aromatic rings. The molecule has 3 rings (SSSR count). The van der Waals surface area contributed by atoms with Gasteiger partial charge in [0.05, 0.1) is 12.2 Å². The van der Waals surface area contributed by atoms with Gasteiger partial charge in [-0.2, -0.15) is 0 Å². The Kier molecular flexibility index (Phi) is 1.78. The second-order valence-electron chi connectivity index (χ2n) is 4.13. The van der Waals surface area contributed by atoms with Crippen molar-refractivity contribution in [3.05, 3.63) is 22.7 Å². The first-order valence-electron chi connectivity index (χ1n) is 5.00. The van der Waals surface area contributed by atoms with Gasteiger partial charge in [0.15, 0.2) is 0 Å². The lowest BCUT2D eigenvalue weighted by Crippen LogP contribution is -2.51. The Labute approximate surface area is 91.8 Å². The molecule has 1 heterocycles. The smallest absolute Gasteiger partial charge is 0.144 e. The fourth-order valence-electron chi connectivity index (χ4n) is 2.10. The first-order chi connectivity index (χ1) is 6.77. The predicted octanol–water partition coefficient (Wildman–Crippen LogP) is 3.18. The topological polar surface area (TPSA) is 21.3 Å². The summed E-state index contributed by atoms with van der Waals surface area (Å²) in [4.78, 5) is 0. The van der Waals surface area contributed by atoms with Gasteiger partial charge in [-0.25, -0.2) is 0 Å². The van der Waals surface area contributed by atoms with Gasteiger partial charge in [0, 0.05) is 4.47 Å². The summed E-state index contributed by atoms with van der Waals surface area (Å²) in [5.41, 5.74) is 1.22. The maximum absolute atomic E-state index is 6.04. The summed E-state index contributed by atoms with van der Waals surface area (Å²) in [7, 11) is 0. The summed E-state index contributed by atoms with van der Waals surface area (Å²) in [5.74, 6) is 0.991. The number of ether oxygens (including phenoxy) is 1. The maximum Gasteiger partial charge on any atom is 0.144 e. The molecule has 2 aliphatic rings. The Morgan fingerprint density at radius 3 is 2.93 bits per heavy atom. The van der Waals surface area contributed by atoms with E-state index in [0.717, 1.165) is 22.5 Å². The van der Waals surface area contributed by atoms with E-state index in [2.05, 4.69) is 27.3 Å². The van der Waals surface area contributed by atoms with Crippen LogP contribution < -0.4 is 10.1 Å². The zero-order chi connectivity index (χ0) is 9.60. The number of halogens is 1. The monoisotopic (exact) mass is 253 g/mol. The highest BCUT2D eigenvalue weighted by Gasteiger charge is 2.41. The van der Waals surface area contributed by atoms with Crippen molar-refractivity contribution in [2.45, 2.75) is 24.9 Å². The molecule has 0 aromatic heterocycles. The van der Waals surface area contributed by atoms with E-state index >= 15 is 0 Å². The molecule has 74 valence electrons. The van der Waals surface area contributed by atoms with E-state index < -0.39 is 0 Å². The Hall–Kier alpha value is -0.700. The van der Waals surface area contributed by atoms with Crippen LogP contribution in [-0.4, -0.2) is 12.1 Å². The molecule has 14 heavy (non-hydrogen) atoms.